The van der Waals surface area contributed by atoms with Gasteiger partial charge in [0.2, 0.25) is 0 Å². The Morgan fingerprint density at radius 1 is 1.41 bits per heavy atom. The number of aryl methyl sites for hydroxylation is 1. The molecule has 0 radical (unpaired) electrons. The van der Waals surface area contributed by atoms with Crippen LogP contribution in [0.3, 0.4) is 0 Å². The smallest absolute Gasteiger partial charge is 0.142 e. The minimum atomic E-state index is -0.596. The summed E-state index contributed by atoms with van der Waals surface area (Å²) in [4.78, 5) is 0. The largest absolute Gasteiger partial charge is 0.388 e. The summed E-state index contributed by atoms with van der Waals surface area (Å²) in [5.74, 6) is -0.446. The fourth-order valence-electron chi connectivity index (χ4n) is 1.71. The summed E-state index contributed by atoms with van der Waals surface area (Å²) < 4.78 is 13.2. The zero-order chi connectivity index (χ0) is 12.4. The minimum absolute atomic E-state index is 0.106. The van der Waals surface area contributed by atoms with Gasteiger partial charge < -0.3 is 5.11 Å². The van der Waals surface area contributed by atoms with Gasteiger partial charge >= 0.3 is 0 Å². The van der Waals surface area contributed by atoms with E-state index in [1.165, 1.54) is 12.1 Å². The van der Waals surface area contributed by atoms with E-state index in [1.54, 1.807) is 17.4 Å². The van der Waals surface area contributed by atoms with Crippen molar-refractivity contribution in [2.75, 3.05) is 0 Å². The Labute approximate surface area is 108 Å². The van der Waals surface area contributed by atoms with Crippen LogP contribution in [0.15, 0.2) is 29.0 Å². The third kappa shape index (κ3) is 2.86. The van der Waals surface area contributed by atoms with Crippen molar-refractivity contribution in [1.82, 2.24) is 0 Å². The molecule has 2 aromatic rings. The molecule has 0 spiro atoms. The molecule has 0 saturated carbocycles. The van der Waals surface area contributed by atoms with E-state index in [-0.39, 0.29) is 5.02 Å². The second-order valence-corrected chi connectivity index (χ2v) is 5.13. The van der Waals surface area contributed by atoms with Crippen molar-refractivity contribution in [1.29, 1.82) is 0 Å². The quantitative estimate of drug-likeness (QED) is 0.889. The molecule has 1 aromatic heterocycles. The lowest BCUT2D eigenvalue weighted by Crippen LogP contribution is -2.02. The van der Waals surface area contributed by atoms with Crippen molar-refractivity contribution in [3.63, 3.8) is 0 Å². The number of halogens is 2. The van der Waals surface area contributed by atoms with E-state index in [4.69, 9.17) is 11.6 Å². The molecule has 2 rings (SSSR count). The average molecular weight is 271 g/mol. The van der Waals surface area contributed by atoms with Crippen LogP contribution in [0.5, 0.6) is 0 Å². The van der Waals surface area contributed by atoms with Gasteiger partial charge in [-0.05, 0) is 46.5 Å². The van der Waals surface area contributed by atoms with Gasteiger partial charge in [0.15, 0.2) is 0 Å². The molecule has 0 aliphatic rings. The minimum Gasteiger partial charge on any atom is -0.388 e. The zero-order valence-corrected chi connectivity index (χ0v) is 10.9. The fourth-order valence-corrected chi connectivity index (χ4v) is 2.73. The van der Waals surface area contributed by atoms with Gasteiger partial charge in [-0.3, -0.25) is 0 Å². The average Bonchev–Trinajstić information content (AvgIpc) is 2.70. The molecule has 1 aromatic carbocycles. The van der Waals surface area contributed by atoms with Crippen LogP contribution in [0, 0.1) is 12.7 Å². The summed E-state index contributed by atoms with van der Waals surface area (Å²) >= 11 is 7.16. The molecule has 0 aliphatic carbocycles. The fraction of sp³-hybridized carbons (Fsp3) is 0.231. The van der Waals surface area contributed by atoms with Gasteiger partial charge in [0.05, 0.1) is 11.1 Å². The first-order chi connectivity index (χ1) is 8.08. The molecule has 1 atom stereocenters. The first kappa shape index (κ1) is 12.6. The van der Waals surface area contributed by atoms with Crippen molar-refractivity contribution in [2.24, 2.45) is 0 Å². The van der Waals surface area contributed by atoms with Crippen molar-refractivity contribution >= 4 is 22.9 Å². The molecular formula is C13H12ClFOS. The molecule has 17 heavy (non-hydrogen) atoms. The van der Waals surface area contributed by atoms with Crippen molar-refractivity contribution < 1.29 is 9.50 Å². The number of thiophene rings is 1. The highest BCUT2D eigenvalue weighted by Gasteiger charge is 2.12. The van der Waals surface area contributed by atoms with Gasteiger partial charge in [0.25, 0.3) is 0 Å². The number of rotatable bonds is 3. The lowest BCUT2D eigenvalue weighted by molar-refractivity contribution is 0.178. The van der Waals surface area contributed by atoms with Crippen LogP contribution in [-0.2, 0) is 6.42 Å². The van der Waals surface area contributed by atoms with Gasteiger partial charge in [0, 0.05) is 6.42 Å². The van der Waals surface area contributed by atoms with Crippen LogP contribution in [0.4, 0.5) is 4.39 Å². The summed E-state index contributed by atoms with van der Waals surface area (Å²) in [5.41, 5.74) is 2.72. The Balaban J connectivity index is 2.16. The standard InChI is InChI=1S/C13H12ClFOS/c1-8-6-17-7-10(8)13(16)5-9-2-3-11(14)12(15)4-9/h2-4,6-7,13,16H,5H2,1H3. The molecule has 0 aliphatic heterocycles. The van der Waals surface area contributed by atoms with E-state index >= 15 is 0 Å². The molecule has 0 fully saturated rings. The molecule has 4 heteroatoms. The maximum atomic E-state index is 13.2. The first-order valence-electron chi connectivity index (χ1n) is 5.22. The lowest BCUT2D eigenvalue weighted by atomic mass is 10.0. The normalized spacial score (nSPS) is 12.7. The van der Waals surface area contributed by atoms with E-state index in [1.807, 2.05) is 17.7 Å². The maximum Gasteiger partial charge on any atom is 0.142 e. The topological polar surface area (TPSA) is 20.2 Å². The highest BCUT2D eigenvalue weighted by molar-refractivity contribution is 7.08. The molecule has 1 nitrogen and oxygen atoms in total. The molecule has 1 heterocycles. The SMILES string of the molecule is Cc1cscc1C(O)Cc1ccc(Cl)c(F)c1. The predicted molar refractivity (Wildman–Crippen MR) is 69.1 cm³/mol. The second-order valence-electron chi connectivity index (χ2n) is 3.98. The van der Waals surface area contributed by atoms with E-state index in [9.17, 15) is 9.50 Å². The van der Waals surface area contributed by atoms with Crippen LogP contribution in [0.1, 0.15) is 22.8 Å². The highest BCUT2D eigenvalue weighted by Crippen LogP contribution is 2.25. The molecule has 1 unspecified atom stereocenters. The van der Waals surface area contributed by atoms with Gasteiger partial charge in [-0.15, -0.1) is 0 Å². The van der Waals surface area contributed by atoms with Gasteiger partial charge in [-0.1, -0.05) is 17.7 Å². The van der Waals surface area contributed by atoms with Gasteiger partial charge in [0.1, 0.15) is 5.82 Å². The molecule has 0 amide bonds. The van der Waals surface area contributed by atoms with E-state index in [0.29, 0.717) is 6.42 Å². The van der Waals surface area contributed by atoms with Gasteiger partial charge in [-0.2, -0.15) is 11.3 Å². The summed E-state index contributed by atoms with van der Waals surface area (Å²) in [6.45, 7) is 1.96. The highest BCUT2D eigenvalue weighted by atomic mass is 35.5. The number of hydrogen-bond donors (Lipinski definition) is 1. The number of benzene rings is 1. The summed E-state index contributed by atoms with van der Waals surface area (Å²) in [5, 5.41) is 14.1. The van der Waals surface area contributed by atoms with Crippen LogP contribution in [0.25, 0.3) is 0 Å². The van der Waals surface area contributed by atoms with Crippen molar-refractivity contribution in [3.05, 3.63) is 56.5 Å². The van der Waals surface area contributed by atoms with Crippen LogP contribution >= 0.6 is 22.9 Å². The lowest BCUT2D eigenvalue weighted by Gasteiger charge is -2.11. The number of aliphatic hydroxyl groups excluding tert-OH is 1. The second kappa shape index (κ2) is 5.17. The number of aliphatic hydroxyl groups is 1. The first-order valence-corrected chi connectivity index (χ1v) is 6.54. The summed E-state index contributed by atoms with van der Waals surface area (Å²) in [6.07, 6.45) is -0.201. The monoisotopic (exact) mass is 270 g/mol. The Hall–Kier alpha value is -0.900. The number of hydrogen-bond acceptors (Lipinski definition) is 2. The van der Waals surface area contributed by atoms with E-state index < -0.39 is 11.9 Å². The Bertz CT molecular complexity index is 524. The molecule has 1 N–H and O–H groups in total. The predicted octanol–water partition coefficient (Wildman–Crippen LogP) is 4.13. The van der Waals surface area contributed by atoms with E-state index in [2.05, 4.69) is 0 Å². The van der Waals surface area contributed by atoms with Crippen molar-refractivity contribution in [3.8, 4) is 0 Å². The molecule has 0 saturated heterocycles. The van der Waals surface area contributed by atoms with Crippen LogP contribution in [0.2, 0.25) is 5.02 Å². The van der Waals surface area contributed by atoms with Crippen molar-refractivity contribution in [2.45, 2.75) is 19.4 Å². The third-order valence-electron chi connectivity index (χ3n) is 2.67. The Morgan fingerprint density at radius 3 is 2.76 bits per heavy atom. The maximum absolute atomic E-state index is 13.2. The van der Waals surface area contributed by atoms with E-state index in [0.717, 1.165) is 16.7 Å². The van der Waals surface area contributed by atoms with Gasteiger partial charge in [-0.25, -0.2) is 4.39 Å². The Kier molecular flexibility index (Phi) is 3.82. The van der Waals surface area contributed by atoms with Crippen LogP contribution in [-0.4, -0.2) is 5.11 Å². The zero-order valence-electron chi connectivity index (χ0n) is 9.28. The summed E-state index contributed by atoms with van der Waals surface area (Å²) in [6, 6.07) is 4.61. The summed E-state index contributed by atoms with van der Waals surface area (Å²) in [7, 11) is 0. The molecule has 90 valence electrons. The van der Waals surface area contributed by atoms with Crippen LogP contribution < -0.4 is 0 Å². The third-order valence-corrected chi connectivity index (χ3v) is 3.85. The molecule has 0 bridgehead atoms. The molecular weight excluding hydrogens is 259 g/mol. The Morgan fingerprint density at radius 2 is 2.18 bits per heavy atom.